The molecular weight excluding hydrogens is 402 g/mol. The van der Waals surface area contributed by atoms with Crippen LogP contribution in [0.2, 0.25) is 0 Å². The molecule has 1 aliphatic heterocycles. The summed E-state index contributed by atoms with van der Waals surface area (Å²) in [6.45, 7) is 0.966. The van der Waals surface area contributed by atoms with Gasteiger partial charge in [0.25, 0.3) is 5.91 Å². The van der Waals surface area contributed by atoms with Gasteiger partial charge in [0.1, 0.15) is 0 Å². The summed E-state index contributed by atoms with van der Waals surface area (Å²) >= 11 is 3.47. The predicted molar refractivity (Wildman–Crippen MR) is 110 cm³/mol. The summed E-state index contributed by atoms with van der Waals surface area (Å²) in [4.78, 5) is 15.2. The third-order valence-corrected chi connectivity index (χ3v) is 5.21. The maximum Gasteiger partial charge on any atom is 0.257 e. The highest BCUT2D eigenvalue weighted by Gasteiger charge is 2.51. The van der Waals surface area contributed by atoms with E-state index in [1.165, 1.54) is 0 Å². The molecule has 0 N–H and O–H groups in total. The Morgan fingerprint density at radius 1 is 0.852 bits per heavy atom. The quantitative estimate of drug-likeness (QED) is 0.526. The number of fused-ring (bicyclic) bond motifs is 1. The molecule has 3 aromatic rings. The number of hydrogen-bond donors (Lipinski definition) is 0. The largest absolute Gasteiger partial charge is 0.346 e. The van der Waals surface area contributed by atoms with Crippen LogP contribution in [0.4, 0.5) is 0 Å². The first-order chi connectivity index (χ1) is 13.3. The highest BCUT2D eigenvalue weighted by Crippen LogP contribution is 2.46. The normalized spacial score (nSPS) is 18.6. The maximum absolute atomic E-state index is 13.4. The van der Waals surface area contributed by atoms with Gasteiger partial charge in [0.05, 0.1) is 6.61 Å². The predicted octanol–water partition coefficient (Wildman–Crippen LogP) is 4.96. The minimum absolute atomic E-state index is 0.00659. The Kier molecular flexibility index (Phi) is 5.10. The summed E-state index contributed by atoms with van der Waals surface area (Å²) in [5.41, 5.74) is 2.70. The lowest BCUT2D eigenvalue weighted by Crippen LogP contribution is -2.46. The number of ether oxygens (including phenoxy) is 1. The van der Waals surface area contributed by atoms with Gasteiger partial charge in [0.2, 0.25) is 0 Å². The molecule has 4 rings (SSSR count). The van der Waals surface area contributed by atoms with E-state index in [1.807, 2.05) is 89.8 Å². The molecular formula is C23H20BrNO2. The van der Waals surface area contributed by atoms with Crippen molar-refractivity contribution in [2.45, 2.75) is 12.3 Å². The smallest absolute Gasteiger partial charge is 0.257 e. The van der Waals surface area contributed by atoms with Crippen LogP contribution in [-0.4, -0.2) is 22.7 Å². The van der Waals surface area contributed by atoms with Gasteiger partial charge < -0.3 is 4.74 Å². The van der Waals surface area contributed by atoms with Crippen molar-refractivity contribution in [3.63, 3.8) is 0 Å². The number of carbonyl (C=O) groups is 1. The Morgan fingerprint density at radius 3 is 2.19 bits per heavy atom. The van der Waals surface area contributed by atoms with Gasteiger partial charge in [-0.1, -0.05) is 94.8 Å². The summed E-state index contributed by atoms with van der Waals surface area (Å²) in [5, 5.41) is 0.692. The zero-order valence-electron chi connectivity index (χ0n) is 14.8. The number of halogens is 1. The monoisotopic (exact) mass is 421 g/mol. The Bertz CT molecular complexity index is 929. The topological polar surface area (TPSA) is 29.5 Å². The number of nitrogens with zero attached hydrogens (tertiary/aromatic N) is 1. The molecule has 0 aromatic heterocycles. The first-order valence-electron chi connectivity index (χ1n) is 8.98. The first kappa shape index (κ1) is 18.0. The van der Waals surface area contributed by atoms with Gasteiger partial charge in [-0.3, -0.25) is 9.69 Å². The molecule has 0 fully saturated rings. The summed E-state index contributed by atoms with van der Waals surface area (Å²) in [6, 6.07) is 27.8. The van der Waals surface area contributed by atoms with Crippen LogP contribution in [0.1, 0.15) is 27.0 Å². The van der Waals surface area contributed by atoms with Gasteiger partial charge in [-0.25, -0.2) is 0 Å². The average molecular weight is 422 g/mol. The Hall–Kier alpha value is -2.43. The molecule has 1 aliphatic rings. The molecule has 4 heteroatoms. The van der Waals surface area contributed by atoms with Crippen molar-refractivity contribution >= 4 is 21.8 Å². The summed E-state index contributed by atoms with van der Waals surface area (Å²) in [7, 11) is 0. The van der Waals surface area contributed by atoms with Crippen LogP contribution in [0.15, 0.2) is 84.9 Å². The van der Waals surface area contributed by atoms with Crippen molar-refractivity contribution in [2.24, 2.45) is 0 Å². The molecule has 0 saturated heterocycles. The number of benzene rings is 3. The third-order valence-electron chi connectivity index (χ3n) is 4.88. The molecule has 136 valence electrons. The summed E-state index contributed by atoms with van der Waals surface area (Å²) in [6.07, 6.45) is 0. The summed E-state index contributed by atoms with van der Waals surface area (Å²) in [5.74, 6) is -0.00659. The second kappa shape index (κ2) is 7.67. The van der Waals surface area contributed by atoms with E-state index >= 15 is 0 Å². The fourth-order valence-electron chi connectivity index (χ4n) is 3.75. The third kappa shape index (κ3) is 3.09. The van der Waals surface area contributed by atoms with Crippen molar-refractivity contribution in [3.8, 4) is 0 Å². The van der Waals surface area contributed by atoms with Crippen molar-refractivity contribution < 1.29 is 9.53 Å². The lowest BCUT2D eigenvalue weighted by atomic mass is 9.93. The van der Waals surface area contributed by atoms with E-state index in [-0.39, 0.29) is 5.91 Å². The second-order valence-electron chi connectivity index (χ2n) is 6.47. The fraction of sp³-hybridized carbons (Fsp3) is 0.174. The van der Waals surface area contributed by atoms with Crippen molar-refractivity contribution in [1.82, 2.24) is 4.90 Å². The maximum atomic E-state index is 13.4. The lowest BCUT2D eigenvalue weighted by molar-refractivity contribution is -0.106. The molecule has 0 spiro atoms. The zero-order chi connectivity index (χ0) is 18.7. The van der Waals surface area contributed by atoms with Crippen LogP contribution in [0.25, 0.3) is 0 Å². The molecule has 0 radical (unpaired) electrons. The van der Waals surface area contributed by atoms with E-state index in [0.29, 0.717) is 24.0 Å². The van der Waals surface area contributed by atoms with Gasteiger partial charge in [0, 0.05) is 28.6 Å². The first-order valence-corrected chi connectivity index (χ1v) is 10.1. The van der Waals surface area contributed by atoms with Crippen LogP contribution in [0, 0.1) is 0 Å². The summed E-state index contributed by atoms with van der Waals surface area (Å²) < 4.78 is 6.47. The standard InChI is InChI=1S/C23H20BrNO2/c24-15-16-27-23(19-11-5-2-6-12-19)21-14-8-7-13-20(21)22(26)25(23)17-18-9-3-1-4-10-18/h1-14H,15-17H2. The Morgan fingerprint density at radius 2 is 1.48 bits per heavy atom. The highest BCUT2D eigenvalue weighted by atomic mass is 79.9. The highest BCUT2D eigenvalue weighted by molar-refractivity contribution is 9.09. The van der Waals surface area contributed by atoms with E-state index in [1.54, 1.807) is 0 Å². The molecule has 0 aliphatic carbocycles. The van der Waals surface area contributed by atoms with E-state index in [9.17, 15) is 4.79 Å². The minimum atomic E-state index is -0.932. The number of hydrogen-bond acceptors (Lipinski definition) is 2. The molecule has 1 amide bonds. The van der Waals surface area contributed by atoms with Gasteiger partial charge in [-0.05, 0) is 11.6 Å². The van der Waals surface area contributed by atoms with Crippen LogP contribution in [-0.2, 0) is 17.0 Å². The number of rotatable bonds is 6. The SMILES string of the molecule is O=C1c2ccccc2C(OCCBr)(c2ccccc2)N1Cc1ccccc1. The molecule has 1 unspecified atom stereocenters. The van der Waals surface area contributed by atoms with Crippen LogP contribution < -0.4 is 0 Å². The number of amides is 1. The van der Waals surface area contributed by atoms with E-state index in [4.69, 9.17) is 4.74 Å². The van der Waals surface area contributed by atoms with Gasteiger partial charge >= 0.3 is 0 Å². The van der Waals surface area contributed by atoms with Crippen LogP contribution >= 0.6 is 15.9 Å². The van der Waals surface area contributed by atoms with E-state index in [2.05, 4.69) is 15.9 Å². The van der Waals surface area contributed by atoms with Crippen molar-refractivity contribution in [2.75, 3.05) is 11.9 Å². The molecule has 1 heterocycles. The van der Waals surface area contributed by atoms with Gasteiger partial charge in [-0.15, -0.1) is 0 Å². The fourth-order valence-corrected chi connectivity index (χ4v) is 3.91. The number of carbonyl (C=O) groups excluding carboxylic acids is 1. The van der Waals surface area contributed by atoms with Crippen molar-refractivity contribution in [1.29, 1.82) is 0 Å². The second-order valence-corrected chi connectivity index (χ2v) is 7.26. The molecule has 3 nitrogen and oxygen atoms in total. The average Bonchev–Trinajstić information content (AvgIpc) is 2.97. The molecule has 27 heavy (non-hydrogen) atoms. The lowest BCUT2D eigenvalue weighted by Gasteiger charge is -2.39. The van der Waals surface area contributed by atoms with Gasteiger partial charge in [0.15, 0.2) is 5.72 Å². The van der Waals surface area contributed by atoms with E-state index in [0.717, 1.165) is 16.7 Å². The zero-order valence-corrected chi connectivity index (χ0v) is 16.4. The van der Waals surface area contributed by atoms with Crippen molar-refractivity contribution in [3.05, 3.63) is 107 Å². The number of alkyl halides is 1. The Balaban J connectivity index is 1.90. The molecule has 3 aromatic carbocycles. The van der Waals surface area contributed by atoms with Crippen LogP contribution in [0.5, 0.6) is 0 Å². The molecule has 0 saturated carbocycles. The van der Waals surface area contributed by atoms with Crippen LogP contribution in [0.3, 0.4) is 0 Å². The van der Waals surface area contributed by atoms with Gasteiger partial charge in [-0.2, -0.15) is 0 Å². The Labute approximate surface area is 167 Å². The van der Waals surface area contributed by atoms with E-state index < -0.39 is 5.72 Å². The minimum Gasteiger partial charge on any atom is -0.346 e. The molecule has 0 bridgehead atoms. The molecule has 1 atom stereocenters.